The number of esters is 1. The Hall–Kier alpha value is -1.62. The second kappa shape index (κ2) is 5.40. The molecule has 2 N–H and O–H groups in total. The van der Waals surface area contributed by atoms with Crippen LogP contribution in [0.5, 0.6) is 0 Å². The smallest absolute Gasteiger partial charge is 0.327 e. The first-order chi connectivity index (χ1) is 9.47. The number of hydrogen-bond donors (Lipinski definition) is 2. The average molecular weight is 279 g/mol. The van der Waals surface area contributed by atoms with Gasteiger partial charge in [0.1, 0.15) is 11.6 Å². The lowest BCUT2D eigenvalue weighted by Gasteiger charge is -2.57. The monoisotopic (exact) mass is 279 g/mol. The molecule has 2 aliphatic carbocycles. The van der Waals surface area contributed by atoms with Crippen molar-refractivity contribution in [2.75, 3.05) is 6.61 Å². The highest BCUT2D eigenvalue weighted by Crippen LogP contribution is 2.55. The molecule has 20 heavy (non-hydrogen) atoms. The van der Waals surface area contributed by atoms with E-state index >= 15 is 0 Å². The number of carbonyl (C=O) groups is 2. The molecule has 5 nitrogen and oxygen atoms in total. The normalized spacial score (nSPS) is 32.7. The van der Waals surface area contributed by atoms with Crippen LogP contribution in [0.15, 0.2) is 24.3 Å². The van der Waals surface area contributed by atoms with Crippen LogP contribution >= 0.6 is 0 Å². The summed E-state index contributed by atoms with van der Waals surface area (Å²) < 4.78 is 5.20. The van der Waals surface area contributed by atoms with Crippen LogP contribution in [0.4, 0.5) is 0 Å². The van der Waals surface area contributed by atoms with Gasteiger partial charge in [-0.15, -0.1) is 0 Å². The Morgan fingerprint density at radius 2 is 2.15 bits per heavy atom. The van der Waals surface area contributed by atoms with Crippen molar-refractivity contribution in [3.05, 3.63) is 24.3 Å². The van der Waals surface area contributed by atoms with E-state index in [0.29, 0.717) is 13.0 Å². The highest BCUT2D eigenvalue weighted by molar-refractivity contribution is 5.86. The summed E-state index contributed by atoms with van der Waals surface area (Å²) in [6.45, 7) is 3.60. The molecule has 5 heteroatoms. The van der Waals surface area contributed by atoms with E-state index in [0.717, 1.165) is 12.8 Å². The minimum Gasteiger partial charge on any atom is -0.480 e. The summed E-state index contributed by atoms with van der Waals surface area (Å²) in [6.07, 6.45) is 10.1. The van der Waals surface area contributed by atoms with Crippen LogP contribution in [0, 0.1) is 5.41 Å². The topological polar surface area (TPSA) is 75.6 Å². The van der Waals surface area contributed by atoms with Crippen molar-refractivity contribution in [2.45, 2.75) is 44.7 Å². The lowest BCUT2D eigenvalue weighted by molar-refractivity contribution is -0.167. The summed E-state index contributed by atoms with van der Waals surface area (Å²) >= 11 is 0. The molecule has 110 valence electrons. The Morgan fingerprint density at radius 3 is 2.60 bits per heavy atom. The number of ether oxygens (including phenoxy) is 1. The van der Waals surface area contributed by atoms with Gasteiger partial charge in [-0.05, 0) is 33.1 Å². The molecule has 1 fully saturated rings. The van der Waals surface area contributed by atoms with Gasteiger partial charge in [0.25, 0.3) is 0 Å². The molecule has 0 bridgehead atoms. The average Bonchev–Trinajstić information content (AvgIpc) is 2.44. The van der Waals surface area contributed by atoms with Crippen LogP contribution in [0.1, 0.15) is 33.1 Å². The van der Waals surface area contributed by atoms with Gasteiger partial charge in [0.05, 0.1) is 6.61 Å². The molecule has 2 aliphatic rings. The Balaban J connectivity index is 2.30. The van der Waals surface area contributed by atoms with Crippen molar-refractivity contribution >= 4 is 11.9 Å². The van der Waals surface area contributed by atoms with Gasteiger partial charge in [-0.25, -0.2) is 0 Å². The zero-order valence-electron chi connectivity index (χ0n) is 11.9. The van der Waals surface area contributed by atoms with Crippen molar-refractivity contribution < 1.29 is 19.4 Å². The highest BCUT2D eigenvalue weighted by atomic mass is 16.5. The van der Waals surface area contributed by atoms with Crippen LogP contribution in [-0.2, 0) is 14.3 Å². The van der Waals surface area contributed by atoms with Crippen LogP contribution in [0.3, 0.4) is 0 Å². The van der Waals surface area contributed by atoms with Crippen LogP contribution in [0.2, 0.25) is 0 Å². The van der Waals surface area contributed by atoms with E-state index in [9.17, 15) is 9.59 Å². The molecular weight excluding hydrogens is 258 g/mol. The molecule has 0 aromatic carbocycles. The van der Waals surface area contributed by atoms with E-state index in [-0.39, 0.29) is 11.4 Å². The summed E-state index contributed by atoms with van der Waals surface area (Å²) in [5.41, 5.74) is -1.29. The lowest BCUT2D eigenvalue weighted by atomic mass is 9.51. The summed E-state index contributed by atoms with van der Waals surface area (Å²) in [5, 5.41) is 12.1. The molecule has 3 unspecified atom stereocenters. The molecular formula is C15H21NO4. The van der Waals surface area contributed by atoms with Gasteiger partial charge in [0, 0.05) is 5.41 Å². The van der Waals surface area contributed by atoms with Crippen LogP contribution in [0.25, 0.3) is 0 Å². The molecule has 3 atom stereocenters. The van der Waals surface area contributed by atoms with Gasteiger partial charge in [-0.2, -0.15) is 0 Å². The predicted octanol–water partition coefficient (Wildman–Crippen LogP) is 1.65. The molecule has 0 aliphatic heterocycles. The van der Waals surface area contributed by atoms with E-state index < -0.39 is 17.6 Å². The van der Waals surface area contributed by atoms with Gasteiger partial charge in [-0.3, -0.25) is 14.9 Å². The van der Waals surface area contributed by atoms with Crippen molar-refractivity contribution in [3.63, 3.8) is 0 Å². The fourth-order valence-electron chi connectivity index (χ4n) is 3.13. The molecule has 0 aromatic rings. The molecule has 2 rings (SSSR count). The fourth-order valence-corrected chi connectivity index (χ4v) is 3.13. The van der Waals surface area contributed by atoms with Crippen LogP contribution < -0.4 is 5.32 Å². The zero-order valence-corrected chi connectivity index (χ0v) is 11.9. The van der Waals surface area contributed by atoms with E-state index in [1.165, 1.54) is 0 Å². The van der Waals surface area contributed by atoms with Crippen molar-refractivity contribution in [3.8, 4) is 0 Å². The molecule has 1 spiro atoms. The molecule has 0 amide bonds. The van der Waals surface area contributed by atoms with Crippen molar-refractivity contribution in [2.24, 2.45) is 5.41 Å². The Kier molecular flexibility index (Phi) is 3.99. The van der Waals surface area contributed by atoms with Gasteiger partial charge in [-0.1, -0.05) is 24.3 Å². The second-order valence-corrected chi connectivity index (χ2v) is 5.48. The molecule has 1 saturated carbocycles. The van der Waals surface area contributed by atoms with Crippen molar-refractivity contribution in [1.82, 2.24) is 5.32 Å². The standard InChI is InChI=1S/C15H21NO4/c1-3-20-13(19)15(16-11(2)12(17)18)10-9-14(15)7-5-4-6-8-14/h4-7,11,16H,3,8-10H2,1-2H3,(H,17,18). The quantitative estimate of drug-likeness (QED) is 0.748. The Morgan fingerprint density at radius 1 is 1.40 bits per heavy atom. The summed E-state index contributed by atoms with van der Waals surface area (Å²) in [5.74, 6) is -1.31. The minimum atomic E-state index is -0.967. The minimum absolute atomic E-state index is 0.291. The van der Waals surface area contributed by atoms with Crippen molar-refractivity contribution in [1.29, 1.82) is 0 Å². The maximum atomic E-state index is 12.4. The number of allylic oxidation sites excluding steroid dienone is 3. The van der Waals surface area contributed by atoms with Gasteiger partial charge < -0.3 is 9.84 Å². The molecule has 0 aromatic heterocycles. The fraction of sp³-hybridized carbons (Fsp3) is 0.600. The Bertz CT molecular complexity index is 470. The first-order valence-electron chi connectivity index (χ1n) is 6.99. The lowest BCUT2D eigenvalue weighted by Crippen LogP contribution is -2.72. The largest absolute Gasteiger partial charge is 0.480 e. The highest BCUT2D eigenvalue weighted by Gasteiger charge is 2.63. The van der Waals surface area contributed by atoms with Gasteiger partial charge >= 0.3 is 11.9 Å². The number of hydrogen-bond acceptors (Lipinski definition) is 4. The first kappa shape index (κ1) is 14.8. The molecule has 0 saturated heterocycles. The number of nitrogens with one attached hydrogen (secondary N) is 1. The number of carbonyl (C=O) groups excluding carboxylic acids is 1. The third-order valence-corrected chi connectivity index (χ3v) is 4.40. The number of rotatable bonds is 5. The van der Waals surface area contributed by atoms with E-state index in [2.05, 4.69) is 5.32 Å². The van der Waals surface area contributed by atoms with Gasteiger partial charge in [0.15, 0.2) is 0 Å². The van der Waals surface area contributed by atoms with Crippen LogP contribution in [-0.4, -0.2) is 35.2 Å². The van der Waals surface area contributed by atoms with E-state index in [4.69, 9.17) is 9.84 Å². The summed E-state index contributed by atoms with van der Waals surface area (Å²) in [6, 6.07) is -0.795. The molecule has 0 heterocycles. The zero-order chi connectivity index (χ0) is 14.8. The van der Waals surface area contributed by atoms with Gasteiger partial charge in [0.2, 0.25) is 0 Å². The first-order valence-corrected chi connectivity index (χ1v) is 6.99. The summed E-state index contributed by atoms with van der Waals surface area (Å²) in [7, 11) is 0. The maximum absolute atomic E-state index is 12.4. The second-order valence-electron chi connectivity index (χ2n) is 5.48. The van der Waals surface area contributed by atoms with E-state index in [1.807, 2.05) is 24.3 Å². The summed E-state index contributed by atoms with van der Waals surface area (Å²) in [4.78, 5) is 23.6. The third-order valence-electron chi connectivity index (χ3n) is 4.40. The van der Waals surface area contributed by atoms with E-state index in [1.54, 1.807) is 13.8 Å². The third kappa shape index (κ3) is 2.16. The number of carboxylic acid groups (broad SMARTS) is 1. The number of aliphatic carboxylic acids is 1. The SMILES string of the molecule is CCOC(=O)C1(NC(C)C(=O)O)CCC12C=CC=CC2. The maximum Gasteiger partial charge on any atom is 0.327 e. The Labute approximate surface area is 118 Å². The number of carboxylic acids is 1. The molecule has 0 radical (unpaired) electrons. The predicted molar refractivity (Wildman–Crippen MR) is 74.2 cm³/mol.